The molecule has 1 unspecified atom stereocenters. The zero-order valence-electron chi connectivity index (χ0n) is 15.9. The van der Waals surface area contributed by atoms with Crippen molar-refractivity contribution in [2.45, 2.75) is 85.6 Å². The lowest BCUT2D eigenvalue weighted by atomic mass is 9.78. The molecule has 0 bridgehead atoms. The molecule has 2 saturated heterocycles. The van der Waals surface area contributed by atoms with Crippen molar-refractivity contribution in [1.82, 2.24) is 0 Å². The van der Waals surface area contributed by atoms with E-state index in [0.717, 1.165) is 6.42 Å². The maximum absolute atomic E-state index is 10.5. The molecule has 4 heteroatoms. The summed E-state index contributed by atoms with van der Waals surface area (Å²) in [5, 5.41) is 10.5. The smallest absolute Gasteiger partial charge is 0.160 e. The van der Waals surface area contributed by atoms with E-state index in [9.17, 15) is 5.11 Å². The molecule has 2 heterocycles. The van der Waals surface area contributed by atoms with Gasteiger partial charge in [0.05, 0.1) is 24.9 Å². The topological polar surface area (TPSA) is 47.9 Å². The zero-order chi connectivity index (χ0) is 17.3. The highest BCUT2D eigenvalue weighted by atomic mass is 16.7. The number of aliphatic hydroxyl groups excluding tert-OH is 1. The molecule has 0 spiro atoms. The summed E-state index contributed by atoms with van der Waals surface area (Å²) in [4.78, 5) is 0. The van der Waals surface area contributed by atoms with Gasteiger partial charge in [0.1, 0.15) is 6.10 Å². The molecule has 0 amide bonds. The zero-order valence-corrected chi connectivity index (χ0v) is 15.9. The highest BCUT2D eigenvalue weighted by Crippen LogP contribution is 2.37. The minimum atomic E-state index is -0.474. The molecule has 2 rings (SSSR count). The van der Waals surface area contributed by atoms with Crippen LogP contribution in [0, 0.1) is 29.6 Å². The molecule has 10 atom stereocenters. The molecule has 0 aromatic heterocycles. The van der Waals surface area contributed by atoms with E-state index in [0.29, 0.717) is 30.3 Å². The molecule has 2 fully saturated rings. The maximum Gasteiger partial charge on any atom is 0.160 e. The molecule has 0 radical (unpaired) electrons. The summed E-state index contributed by atoms with van der Waals surface area (Å²) in [5.74, 6) is 2.04. The number of rotatable bonds is 4. The van der Waals surface area contributed by atoms with Crippen LogP contribution < -0.4 is 0 Å². The fourth-order valence-corrected chi connectivity index (χ4v) is 4.03. The highest BCUT2D eigenvalue weighted by Gasteiger charge is 2.42. The van der Waals surface area contributed by atoms with Gasteiger partial charge in [0, 0.05) is 5.92 Å². The summed E-state index contributed by atoms with van der Waals surface area (Å²) in [6.45, 7) is 15.6. The molecular formula is C19H36O4. The summed E-state index contributed by atoms with van der Waals surface area (Å²) >= 11 is 0. The summed E-state index contributed by atoms with van der Waals surface area (Å²) < 4.78 is 18.2. The number of hydrogen-bond donors (Lipinski definition) is 1. The number of hydrogen-bond acceptors (Lipinski definition) is 4. The van der Waals surface area contributed by atoms with Gasteiger partial charge in [-0.15, -0.1) is 0 Å². The van der Waals surface area contributed by atoms with Crippen molar-refractivity contribution in [2.24, 2.45) is 29.6 Å². The predicted molar refractivity (Wildman–Crippen MR) is 91.1 cm³/mol. The van der Waals surface area contributed by atoms with E-state index in [1.165, 1.54) is 0 Å². The Bertz CT molecular complexity index is 372. The van der Waals surface area contributed by atoms with Gasteiger partial charge in [0.25, 0.3) is 0 Å². The lowest BCUT2D eigenvalue weighted by Gasteiger charge is -2.45. The molecule has 1 N–H and O–H groups in total. The van der Waals surface area contributed by atoms with E-state index in [1.807, 2.05) is 0 Å². The molecule has 4 nitrogen and oxygen atoms in total. The third-order valence-corrected chi connectivity index (χ3v) is 6.69. The van der Waals surface area contributed by atoms with Crippen molar-refractivity contribution in [1.29, 1.82) is 0 Å². The van der Waals surface area contributed by atoms with E-state index in [2.05, 4.69) is 48.5 Å². The average Bonchev–Trinajstić information content (AvgIpc) is 2.54. The number of ether oxygens (including phenoxy) is 3. The van der Waals surface area contributed by atoms with Gasteiger partial charge in [-0.1, -0.05) is 41.5 Å². The Hall–Kier alpha value is -0.160. The normalized spacial score (nSPS) is 51.7. The minimum absolute atomic E-state index is 0.147. The van der Waals surface area contributed by atoms with Crippen molar-refractivity contribution in [3.63, 3.8) is 0 Å². The van der Waals surface area contributed by atoms with E-state index < -0.39 is 6.10 Å². The van der Waals surface area contributed by atoms with Crippen LogP contribution in [-0.2, 0) is 14.2 Å². The van der Waals surface area contributed by atoms with Crippen molar-refractivity contribution >= 4 is 0 Å². The van der Waals surface area contributed by atoms with Gasteiger partial charge in [0.2, 0.25) is 0 Å². The molecule has 0 aromatic carbocycles. The van der Waals surface area contributed by atoms with Crippen LogP contribution in [0.3, 0.4) is 0 Å². The fourth-order valence-electron chi connectivity index (χ4n) is 4.03. The Morgan fingerprint density at radius 2 is 1.43 bits per heavy atom. The monoisotopic (exact) mass is 328 g/mol. The summed E-state index contributed by atoms with van der Waals surface area (Å²) in [6, 6.07) is 0. The highest BCUT2D eigenvalue weighted by molar-refractivity contribution is 4.87. The second kappa shape index (κ2) is 7.81. The van der Waals surface area contributed by atoms with Crippen molar-refractivity contribution in [3.05, 3.63) is 0 Å². The average molecular weight is 328 g/mol. The second-order valence-corrected chi connectivity index (χ2v) is 7.95. The lowest BCUT2D eigenvalue weighted by molar-refractivity contribution is -0.269. The molecular weight excluding hydrogens is 292 g/mol. The molecule has 23 heavy (non-hydrogen) atoms. The first-order valence-electron chi connectivity index (χ1n) is 9.38. The van der Waals surface area contributed by atoms with E-state index >= 15 is 0 Å². The summed E-state index contributed by atoms with van der Waals surface area (Å²) in [6.07, 6.45) is 0.467. The van der Waals surface area contributed by atoms with Gasteiger partial charge < -0.3 is 19.3 Å². The Balaban J connectivity index is 1.94. The maximum atomic E-state index is 10.5. The van der Waals surface area contributed by atoms with Gasteiger partial charge in [-0.25, -0.2) is 0 Å². The fraction of sp³-hybridized carbons (Fsp3) is 1.00. The van der Waals surface area contributed by atoms with Crippen molar-refractivity contribution in [3.8, 4) is 0 Å². The minimum Gasteiger partial charge on any atom is -0.390 e. The number of aliphatic hydroxyl groups is 1. The molecule has 136 valence electrons. The van der Waals surface area contributed by atoms with Crippen LogP contribution >= 0.6 is 0 Å². The van der Waals surface area contributed by atoms with Crippen LogP contribution in [-0.4, -0.2) is 42.4 Å². The third-order valence-electron chi connectivity index (χ3n) is 6.69. The second-order valence-electron chi connectivity index (χ2n) is 7.95. The Morgan fingerprint density at radius 3 is 2.04 bits per heavy atom. The Kier molecular flexibility index (Phi) is 6.51. The first-order chi connectivity index (χ1) is 10.8. The van der Waals surface area contributed by atoms with Gasteiger partial charge in [0.15, 0.2) is 6.29 Å². The summed E-state index contributed by atoms with van der Waals surface area (Å²) in [5.41, 5.74) is 0. The summed E-state index contributed by atoms with van der Waals surface area (Å²) in [7, 11) is 0. The Morgan fingerprint density at radius 1 is 0.783 bits per heavy atom. The van der Waals surface area contributed by atoms with Gasteiger partial charge in [-0.2, -0.15) is 0 Å². The van der Waals surface area contributed by atoms with Crippen molar-refractivity contribution < 1.29 is 19.3 Å². The molecule has 0 saturated carbocycles. The van der Waals surface area contributed by atoms with Crippen LogP contribution in [0.4, 0.5) is 0 Å². The molecule has 0 aliphatic carbocycles. The van der Waals surface area contributed by atoms with Crippen LogP contribution in [0.2, 0.25) is 0 Å². The van der Waals surface area contributed by atoms with E-state index in [-0.39, 0.29) is 30.5 Å². The van der Waals surface area contributed by atoms with Crippen LogP contribution in [0.25, 0.3) is 0 Å². The van der Waals surface area contributed by atoms with E-state index in [4.69, 9.17) is 14.2 Å². The Labute approximate surface area is 141 Å². The molecule has 0 aromatic rings. The first kappa shape index (κ1) is 19.2. The lowest BCUT2D eigenvalue weighted by Crippen LogP contribution is -2.52. The first-order valence-corrected chi connectivity index (χ1v) is 9.38. The predicted octanol–water partition coefficient (Wildman–Crippen LogP) is 3.47. The molecule has 2 aliphatic rings. The van der Waals surface area contributed by atoms with Crippen LogP contribution in [0.1, 0.15) is 54.9 Å². The quantitative estimate of drug-likeness (QED) is 0.858. The van der Waals surface area contributed by atoms with Gasteiger partial charge in [-0.3, -0.25) is 0 Å². The largest absolute Gasteiger partial charge is 0.390 e. The van der Waals surface area contributed by atoms with E-state index in [1.54, 1.807) is 0 Å². The SMILES string of the molecule is CC[C@H]1O[C@@H](OC[C@H]2OC(C)[C@H](C)[C@@H](C)[C@@H]2O)[C@H](C)[C@@H](C)[C@@H]1C. The van der Waals surface area contributed by atoms with Crippen molar-refractivity contribution in [2.75, 3.05) is 6.61 Å². The van der Waals surface area contributed by atoms with Gasteiger partial charge >= 0.3 is 0 Å². The van der Waals surface area contributed by atoms with Crippen LogP contribution in [0.15, 0.2) is 0 Å². The molecule has 2 aliphatic heterocycles. The third kappa shape index (κ3) is 3.92. The van der Waals surface area contributed by atoms with Gasteiger partial charge in [-0.05, 0) is 37.0 Å². The van der Waals surface area contributed by atoms with Crippen LogP contribution in [0.5, 0.6) is 0 Å². The standard InChI is InChI=1S/C19H36O4/c1-8-16-12(4)10(2)14(6)19(23-16)21-9-17-18(20)13(5)11(3)15(7)22-17/h10-20H,8-9H2,1-7H3/t10-,11+,12-,13+,14+,15?,16+,17+,18-,19+/m0/s1.